The number of rotatable bonds is 4. The van der Waals surface area contributed by atoms with Gasteiger partial charge in [-0.15, -0.1) is 0 Å². The van der Waals surface area contributed by atoms with Crippen molar-refractivity contribution in [3.05, 3.63) is 89.3 Å². The summed E-state index contributed by atoms with van der Waals surface area (Å²) in [6.45, 7) is 5.16. The number of nitrogens with one attached hydrogen (secondary N) is 1. The Bertz CT molecular complexity index is 1730. The van der Waals surface area contributed by atoms with Gasteiger partial charge in [-0.2, -0.15) is 13.2 Å². The molecule has 1 aliphatic rings. The summed E-state index contributed by atoms with van der Waals surface area (Å²) in [5.41, 5.74) is 2.04. The fourth-order valence-corrected chi connectivity index (χ4v) is 5.13. The molecule has 0 saturated carbocycles. The van der Waals surface area contributed by atoms with Gasteiger partial charge in [0.25, 0.3) is 5.91 Å². The van der Waals surface area contributed by atoms with Crippen LogP contribution in [0.15, 0.2) is 60.8 Å². The number of carbonyl (C=O) groups excluding carboxylic acids is 1. The van der Waals surface area contributed by atoms with Crippen LogP contribution in [0, 0.1) is 5.82 Å². The highest BCUT2D eigenvalue weighted by atomic mass is 19.4. The molecule has 5 aromatic rings. The van der Waals surface area contributed by atoms with Gasteiger partial charge in [0.15, 0.2) is 5.65 Å². The number of fused-ring (bicyclic) bond motifs is 4. The van der Waals surface area contributed by atoms with Gasteiger partial charge in [-0.3, -0.25) is 4.79 Å². The monoisotopic (exact) mass is 521 g/mol. The number of benzene rings is 2. The van der Waals surface area contributed by atoms with E-state index < -0.39 is 23.5 Å². The first kappa shape index (κ1) is 24.1. The third-order valence-electron chi connectivity index (χ3n) is 7.10. The van der Waals surface area contributed by atoms with E-state index in [0.717, 1.165) is 36.6 Å². The van der Waals surface area contributed by atoms with Crippen molar-refractivity contribution < 1.29 is 22.4 Å². The van der Waals surface area contributed by atoms with Crippen LogP contribution in [0.4, 0.5) is 23.2 Å². The van der Waals surface area contributed by atoms with Crippen LogP contribution < -0.4 is 5.32 Å². The van der Waals surface area contributed by atoms with E-state index in [-0.39, 0.29) is 23.0 Å². The van der Waals surface area contributed by atoms with E-state index in [1.807, 2.05) is 0 Å². The summed E-state index contributed by atoms with van der Waals surface area (Å²) >= 11 is 0. The third-order valence-corrected chi connectivity index (χ3v) is 7.10. The van der Waals surface area contributed by atoms with E-state index in [1.165, 1.54) is 24.3 Å². The van der Waals surface area contributed by atoms with Crippen molar-refractivity contribution in [1.82, 2.24) is 19.1 Å². The van der Waals surface area contributed by atoms with Crippen molar-refractivity contribution in [2.45, 2.75) is 44.9 Å². The number of nitrogens with zero attached hydrogens (tertiary/aromatic N) is 4. The molecule has 38 heavy (non-hydrogen) atoms. The molecule has 0 fully saturated rings. The number of aromatic nitrogens is 4. The Morgan fingerprint density at radius 1 is 1.11 bits per heavy atom. The summed E-state index contributed by atoms with van der Waals surface area (Å²) in [6.07, 6.45) is -2.01. The van der Waals surface area contributed by atoms with Crippen LogP contribution in [-0.2, 0) is 24.7 Å². The molecule has 1 aliphatic heterocycles. The van der Waals surface area contributed by atoms with Crippen molar-refractivity contribution in [1.29, 1.82) is 0 Å². The molecule has 0 saturated heterocycles. The number of anilines is 1. The number of hydrogen-bond donors (Lipinski definition) is 1. The number of hydrogen-bond acceptors (Lipinski definition) is 3. The second-order valence-corrected chi connectivity index (χ2v) is 10.3. The molecule has 4 heterocycles. The summed E-state index contributed by atoms with van der Waals surface area (Å²) in [7, 11) is 0. The highest BCUT2D eigenvalue weighted by Gasteiger charge is 2.34. The SMILES string of the molecule is CC1(C)CCn2c1nc1cc(NC(=O)c3cc4cc(C(F)(F)F)ccc4n3Cc3cccc(F)c3)cnc12. The minimum atomic E-state index is -4.53. The zero-order valence-electron chi connectivity index (χ0n) is 20.6. The molecule has 0 unspecified atom stereocenters. The van der Waals surface area contributed by atoms with Crippen LogP contribution >= 0.6 is 0 Å². The lowest BCUT2D eigenvalue weighted by Crippen LogP contribution is -2.17. The lowest BCUT2D eigenvalue weighted by molar-refractivity contribution is -0.137. The Morgan fingerprint density at radius 3 is 2.68 bits per heavy atom. The summed E-state index contributed by atoms with van der Waals surface area (Å²) in [6, 6.07) is 12.3. The molecule has 194 valence electrons. The van der Waals surface area contributed by atoms with Crippen LogP contribution in [0.2, 0.25) is 0 Å². The fraction of sp³-hybridized carbons (Fsp3) is 0.250. The van der Waals surface area contributed by atoms with Gasteiger partial charge in [0.1, 0.15) is 22.9 Å². The number of imidazole rings is 1. The first-order valence-corrected chi connectivity index (χ1v) is 12.1. The molecule has 1 N–H and O–H groups in total. The van der Waals surface area contributed by atoms with Gasteiger partial charge in [-0.05, 0) is 54.4 Å². The molecule has 1 amide bonds. The normalized spacial score (nSPS) is 14.8. The Balaban J connectivity index is 1.39. The molecule has 0 radical (unpaired) electrons. The van der Waals surface area contributed by atoms with Crippen LogP contribution in [-0.4, -0.2) is 25.0 Å². The number of pyridine rings is 1. The van der Waals surface area contributed by atoms with Gasteiger partial charge < -0.3 is 14.5 Å². The van der Waals surface area contributed by atoms with Gasteiger partial charge in [0, 0.05) is 29.4 Å². The van der Waals surface area contributed by atoms with E-state index in [2.05, 4.69) is 28.7 Å². The highest BCUT2D eigenvalue weighted by molar-refractivity contribution is 6.07. The van der Waals surface area contributed by atoms with Gasteiger partial charge in [-0.25, -0.2) is 14.4 Å². The maximum Gasteiger partial charge on any atom is 0.416 e. The van der Waals surface area contributed by atoms with Crippen molar-refractivity contribution >= 4 is 33.7 Å². The molecule has 6 nitrogen and oxygen atoms in total. The predicted molar refractivity (Wildman–Crippen MR) is 136 cm³/mol. The zero-order valence-corrected chi connectivity index (χ0v) is 20.6. The molecule has 10 heteroatoms. The van der Waals surface area contributed by atoms with E-state index in [9.17, 15) is 22.4 Å². The van der Waals surface area contributed by atoms with E-state index in [0.29, 0.717) is 22.3 Å². The minimum absolute atomic E-state index is 0.0722. The van der Waals surface area contributed by atoms with Crippen LogP contribution in [0.3, 0.4) is 0 Å². The van der Waals surface area contributed by atoms with Crippen molar-refractivity contribution in [3.63, 3.8) is 0 Å². The number of alkyl halides is 3. The molecular weight excluding hydrogens is 498 g/mol. The van der Waals surface area contributed by atoms with E-state index >= 15 is 0 Å². The van der Waals surface area contributed by atoms with E-state index in [4.69, 9.17) is 4.98 Å². The Labute approximate surface area is 214 Å². The number of aryl methyl sites for hydroxylation is 1. The number of carbonyl (C=O) groups is 1. The zero-order chi connectivity index (χ0) is 26.8. The standard InChI is InChI=1S/C28H23F4N5O/c1-27(2)8-9-36-24-21(35-26(27)36)13-20(14-33-24)34-25(38)23-12-17-11-18(28(30,31)32)6-7-22(17)37(23)15-16-4-3-5-19(29)10-16/h3-7,10-14H,8-9,15H2,1-2H3,(H,34,38). The van der Waals surface area contributed by atoms with Crippen molar-refractivity contribution in [2.24, 2.45) is 0 Å². The van der Waals surface area contributed by atoms with Crippen LogP contribution in [0.25, 0.3) is 22.1 Å². The minimum Gasteiger partial charge on any atom is -0.332 e. The summed E-state index contributed by atoms with van der Waals surface area (Å²) in [5.74, 6) is -0.0302. The molecular formula is C28H23F4N5O. The van der Waals surface area contributed by atoms with Gasteiger partial charge in [-0.1, -0.05) is 26.0 Å². The summed E-state index contributed by atoms with van der Waals surface area (Å²) < 4.78 is 57.6. The van der Waals surface area contributed by atoms with Gasteiger partial charge in [0.2, 0.25) is 0 Å². The Morgan fingerprint density at radius 2 is 1.92 bits per heavy atom. The molecule has 0 bridgehead atoms. The quantitative estimate of drug-likeness (QED) is 0.274. The molecule has 2 aromatic carbocycles. The van der Waals surface area contributed by atoms with Gasteiger partial charge in [0.05, 0.1) is 17.4 Å². The van der Waals surface area contributed by atoms with Crippen molar-refractivity contribution in [3.8, 4) is 0 Å². The summed E-state index contributed by atoms with van der Waals surface area (Å²) in [4.78, 5) is 22.7. The second-order valence-electron chi connectivity index (χ2n) is 10.3. The molecule has 0 aliphatic carbocycles. The molecule has 0 spiro atoms. The molecule has 0 atom stereocenters. The Kier molecular flexibility index (Phi) is 5.34. The fourth-order valence-electron chi connectivity index (χ4n) is 5.13. The Hall–Kier alpha value is -4.21. The molecule has 6 rings (SSSR count). The lowest BCUT2D eigenvalue weighted by atomic mass is 9.91. The van der Waals surface area contributed by atoms with Crippen LogP contribution in [0.1, 0.15) is 47.7 Å². The smallest absolute Gasteiger partial charge is 0.332 e. The third kappa shape index (κ3) is 4.09. The highest BCUT2D eigenvalue weighted by Crippen LogP contribution is 2.36. The first-order valence-electron chi connectivity index (χ1n) is 12.1. The molecule has 3 aromatic heterocycles. The van der Waals surface area contributed by atoms with E-state index in [1.54, 1.807) is 29.0 Å². The largest absolute Gasteiger partial charge is 0.416 e. The lowest BCUT2D eigenvalue weighted by Gasteiger charge is -2.13. The van der Waals surface area contributed by atoms with Gasteiger partial charge >= 0.3 is 6.18 Å². The maximum atomic E-state index is 13.8. The second kappa shape index (κ2) is 8.41. The summed E-state index contributed by atoms with van der Waals surface area (Å²) in [5, 5.41) is 3.06. The average molecular weight is 522 g/mol. The maximum absolute atomic E-state index is 13.8. The van der Waals surface area contributed by atoms with Crippen LogP contribution in [0.5, 0.6) is 0 Å². The number of amides is 1. The predicted octanol–water partition coefficient (Wildman–Crippen LogP) is 6.53. The first-order chi connectivity index (χ1) is 18.0. The average Bonchev–Trinajstić information content (AvgIpc) is 3.49. The number of halogens is 4. The topological polar surface area (TPSA) is 64.7 Å². The van der Waals surface area contributed by atoms with Crippen molar-refractivity contribution in [2.75, 3.05) is 5.32 Å².